The van der Waals surface area contributed by atoms with E-state index in [2.05, 4.69) is 19.8 Å². The summed E-state index contributed by atoms with van der Waals surface area (Å²) in [4.78, 5) is 28.6. The Morgan fingerprint density at radius 2 is 1.57 bits per heavy atom. The summed E-state index contributed by atoms with van der Waals surface area (Å²) in [6, 6.07) is 13.7. The first-order valence-electron chi connectivity index (χ1n) is 10.5. The zero-order chi connectivity index (χ0) is 20.5. The average Bonchev–Trinajstić information content (AvgIpc) is 3.33. The van der Waals surface area contributed by atoms with Crippen molar-refractivity contribution < 1.29 is 4.79 Å². The van der Waals surface area contributed by atoms with Crippen LogP contribution in [0.5, 0.6) is 0 Å². The van der Waals surface area contributed by atoms with Crippen LogP contribution in [0.4, 0.5) is 11.5 Å². The molecule has 0 spiro atoms. The first-order valence-corrected chi connectivity index (χ1v) is 10.9. The van der Waals surface area contributed by atoms with Gasteiger partial charge in [-0.15, -0.1) is 0 Å². The van der Waals surface area contributed by atoms with E-state index in [-0.39, 0.29) is 5.91 Å². The van der Waals surface area contributed by atoms with Gasteiger partial charge in [0, 0.05) is 60.9 Å². The van der Waals surface area contributed by atoms with Crippen molar-refractivity contribution >= 4 is 39.9 Å². The van der Waals surface area contributed by atoms with E-state index in [0.29, 0.717) is 18.7 Å². The van der Waals surface area contributed by atoms with Gasteiger partial charge in [-0.1, -0.05) is 11.6 Å². The Bertz CT molecular complexity index is 1060. The predicted octanol–water partition coefficient (Wildman–Crippen LogP) is 3.85. The molecule has 0 N–H and O–H groups in total. The van der Waals surface area contributed by atoms with Crippen LogP contribution in [0.1, 0.15) is 23.2 Å². The lowest BCUT2D eigenvalue weighted by Crippen LogP contribution is -2.48. The third kappa shape index (κ3) is 3.67. The maximum absolute atomic E-state index is 13.2. The molecule has 30 heavy (non-hydrogen) atoms. The Balaban J connectivity index is 1.33. The molecule has 7 heteroatoms. The summed E-state index contributed by atoms with van der Waals surface area (Å²) in [5.41, 5.74) is 2.73. The molecule has 0 unspecified atom stereocenters. The minimum absolute atomic E-state index is 0.0730. The molecule has 6 nitrogen and oxygen atoms in total. The standard InChI is InChI=1S/C23H24ClN5O/c24-18-4-6-19(7-5-18)27-11-13-29(14-12-27)23(30)17-3-8-21-20(15-17)22(26-16-25-21)28-9-1-2-10-28/h3-8,15-16H,1-2,9-14H2. The largest absolute Gasteiger partial charge is 0.368 e. The smallest absolute Gasteiger partial charge is 0.254 e. The van der Waals surface area contributed by atoms with Gasteiger partial charge in [-0.3, -0.25) is 4.79 Å². The second-order valence-electron chi connectivity index (χ2n) is 7.88. The lowest BCUT2D eigenvalue weighted by Gasteiger charge is -2.36. The van der Waals surface area contributed by atoms with E-state index in [0.717, 1.165) is 53.6 Å². The second kappa shape index (κ2) is 8.11. The Morgan fingerprint density at radius 3 is 2.30 bits per heavy atom. The van der Waals surface area contributed by atoms with Crippen molar-refractivity contribution in [2.24, 2.45) is 0 Å². The first kappa shape index (κ1) is 19.1. The van der Waals surface area contributed by atoms with Crippen LogP contribution in [-0.4, -0.2) is 60.0 Å². The van der Waals surface area contributed by atoms with Crippen molar-refractivity contribution in [2.75, 3.05) is 49.1 Å². The Kier molecular flexibility index (Phi) is 5.17. The zero-order valence-electron chi connectivity index (χ0n) is 16.8. The van der Waals surface area contributed by atoms with Crippen LogP contribution < -0.4 is 9.80 Å². The molecule has 0 saturated carbocycles. The van der Waals surface area contributed by atoms with E-state index in [1.54, 1.807) is 6.33 Å². The van der Waals surface area contributed by atoms with Crippen LogP contribution in [0, 0.1) is 0 Å². The van der Waals surface area contributed by atoms with E-state index in [1.807, 2.05) is 47.4 Å². The normalized spacial score (nSPS) is 17.0. The number of nitrogens with zero attached hydrogens (tertiary/aromatic N) is 5. The Morgan fingerprint density at radius 1 is 0.833 bits per heavy atom. The van der Waals surface area contributed by atoms with Crippen molar-refractivity contribution in [2.45, 2.75) is 12.8 Å². The van der Waals surface area contributed by atoms with E-state index in [4.69, 9.17) is 11.6 Å². The summed E-state index contributed by atoms with van der Waals surface area (Å²) in [7, 11) is 0. The molecule has 0 radical (unpaired) electrons. The molecule has 2 aliphatic rings. The van der Waals surface area contributed by atoms with E-state index < -0.39 is 0 Å². The molecule has 2 saturated heterocycles. The number of piperazine rings is 1. The SMILES string of the molecule is O=C(c1ccc2ncnc(N3CCCC3)c2c1)N1CCN(c2ccc(Cl)cc2)CC1. The molecule has 2 fully saturated rings. The van der Waals surface area contributed by atoms with Crippen LogP contribution in [0.2, 0.25) is 5.02 Å². The molecule has 0 aliphatic carbocycles. The topological polar surface area (TPSA) is 52.6 Å². The average molecular weight is 422 g/mol. The van der Waals surface area contributed by atoms with Crippen molar-refractivity contribution in [1.82, 2.24) is 14.9 Å². The highest BCUT2D eigenvalue weighted by Crippen LogP contribution is 2.27. The molecule has 154 valence electrons. The predicted molar refractivity (Wildman–Crippen MR) is 121 cm³/mol. The number of benzene rings is 2. The molecule has 1 aromatic heterocycles. The van der Waals surface area contributed by atoms with E-state index >= 15 is 0 Å². The zero-order valence-corrected chi connectivity index (χ0v) is 17.6. The fraction of sp³-hybridized carbons (Fsp3) is 0.348. The fourth-order valence-corrected chi connectivity index (χ4v) is 4.49. The van der Waals surface area contributed by atoms with Crippen LogP contribution >= 0.6 is 11.6 Å². The number of aromatic nitrogens is 2. The van der Waals surface area contributed by atoms with Gasteiger partial charge in [-0.25, -0.2) is 9.97 Å². The Hall–Kier alpha value is -2.86. The van der Waals surface area contributed by atoms with Crippen molar-refractivity contribution in [3.05, 3.63) is 59.4 Å². The van der Waals surface area contributed by atoms with Crippen LogP contribution in [0.15, 0.2) is 48.8 Å². The summed E-state index contributed by atoms with van der Waals surface area (Å²) in [6.45, 7) is 5.04. The summed E-state index contributed by atoms with van der Waals surface area (Å²) in [6.07, 6.45) is 3.98. The maximum Gasteiger partial charge on any atom is 0.254 e. The van der Waals surface area contributed by atoms with Crippen molar-refractivity contribution in [3.63, 3.8) is 0 Å². The number of hydrogen-bond donors (Lipinski definition) is 0. The van der Waals surface area contributed by atoms with Gasteiger partial charge >= 0.3 is 0 Å². The lowest BCUT2D eigenvalue weighted by molar-refractivity contribution is 0.0747. The number of hydrogen-bond acceptors (Lipinski definition) is 5. The van der Waals surface area contributed by atoms with E-state index in [1.165, 1.54) is 12.8 Å². The molecule has 2 aliphatic heterocycles. The third-order valence-electron chi connectivity index (χ3n) is 6.03. The number of anilines is 2. The van der Waals surface area contributed by atoms with Crippen LogP contribution in [-0.2, 0) is 0 Å². The summed E-state index contributed by atoms with van der Waals surface area (Å²) < 4.78 is 0. The van der Waals surface area contributed by atoms with Gasteiger partial charge in [0.05, 0.1) is 5.52 Å². The molecule has 3 heterocycles. The number of carbonyl (C=O) groups is 1. The summed E-state index contributed by atoms with van der Waals surface area (Å²) in [5, 5.41) is 1.70. The fourth-order valence-electron chi connectivity index (χ4n) is 4.36. The minimum atomic E-state index is 0.0730. The summed E-state index contributed by atoms with van der Waals surface area (Å²) in [5.74, 6) is 1.02. The molecule has 0 atom stereocenters. The van der Waals surface area contributed by atoms with Gasteiger partial charge in [-0.2, -0.15) is 0 Å². The number of carbonyl (C=O) groups excluding carboxylic acids is 1. The molecule has 0 bridgehead atoms. The molecule has 2 aromatic carbocycles. The maximum atomic E-state index is 13.2. The van der Waals surface area contributed by atoms with Gasteiger partial charge in [0.1, 0.15) is 12.1 Å². The van der Waals surface area contributed by atoms with Crippen molar-refractivity contribution in [1.29, 1.82) is 0 Å². The summed E-state index contributed by atoms with van der Waals surface area (Å²) >= 11 is 5.99. The van der Waals surface area contributed by atoms with Gasteiger partial charge in [0.25, 0.3) is 5.91 Å². The van der Waals surface area contributed by atoms with Crippen LogP contribution in [0.3, 0.4) is 0 Å². The number of rotatable bonds is 3. The van der Waals surface area contributed by atoms with Gasteiger partial charge in [0.2, 0.25) is 0 Å². The van der Waals surface area contributed by atoms with E-state index in [9.17, 15) is 4.79 Å². The number of amides is 1. The van der Waals surface area contributed by atoms with Crippen molar-refractivity contribution in [3.8, 4) is 0 Å². The minimum Gasteiger partial charge on any atom is -0.368 e. The van der Waals surface area contributed by atoms with Gasteiger partial charge < -0.3 is 14.7 Å². The molecular weight excluding hydrogens is 398 g/mol. The highest BCUT2D eigenvalue weighted by Gasteiger charge is 2.24. The number of halogens is 1. The Labute approximate surface area is 181 Å². The third-order valence-corrected chi connectivity index (χ3v) is 6.28. The molecule has 3 aromatic rings. The van der Waals surface area contributed by atoms with Gasteiger partial charge in [-0.05, 0) is 55.3 Å². The van der Waals surface area contributed by atoms with Gasteiger partial charge in [0.15, 0.2) is 0 Å². The quantitative estimate of drug-likeness (QED) is 0.643. The molecule has 5 rings (SSSR count). The molecular formula is C23H24ClN5O. The number of fused-ring (bicyclic) bond motifs is 1. The highest BCUT2D eigenvalue weighted by molar-refractivity contribution is 6.30. The second-order valence-corrected chi connectivity index (χ2v) is 8.32. The van der Waals surface area contributed by atoms with Crippen LogP contribution in [0.25, 0.3) is 10.9 Å². The highest BCUT2D eigenvalue weighted by atomic mass is 35.5. The monoisotopic (exact) mass is 421 g/mol. The lowest BCUT2D eigenvalue weighted by atomic mass is 10.1. The first-order chi connectivity index (χ1) is 14.7. The molecule has 1 amide bonds.